The van der Waals surface area contributed by atoms with Crippen LogP contribution in [0, 0.1) is 5.82 Å². The van der Waals surface area contributed by atoms with E-state index in [-0.39, 0.29) is 5.82 Å². The Morgan fingerprint density at radius 2 is 2.00 bits per heavy atom. The molecule has 0 radical (unpaired) electrons. The highest BCUT2D eigenvalue weighted by atomic mass is 32.2. The van der Waals surface area contributed by atoms with Crippen molar-refractivity contribution in [3.05, 3.63) is 42.3 Å². The molecule has 1 heterocycles. The Kier molecular flexibility index (Phi) is 3.19. The van der Waals surface area contributed by atoms with Gasteiger partial charge >= 0.3 is 0 Å². The first kappa shape index (κ1) is 11.1. The predicted molar refractivity (Wildman–Crippen MR) is 64.1 cm³/mol. The van der Waals surface area contributed by atoms with Crippen molar-refractivity contribution in [1.29, 1.82) is 0 Å². The molecular formula is C12H12FNOS. The van der Waals surface area contributed by atoms with Crippen molar-refractivity contribution in [3.63, 3.8) is 0 Å². The van der Waals surface area contributed by atoms with Gasteiger partial charge in [-0.25, -0.2) is 4.39 Å². The maximum atomic E-state index is 13.6. The average Bonchev–Trinajstić information content (AvgIpc) is 2.72. The van der Waals surface area contributed by atoms with Crippen LogP contribution in [-0.4, -0.2) is 17.9 Å². The second-order valence-corrected chi connectivity index (χ2v) is 4.01. The van der Waals surface area contributed by atoms with E-state index < -0.39 is 0 Å². The van der Waals surface area contributed by atoms with E-state index in [2.05, 4.69) is 0 Å². The molecule has 0 amide bonds. The first-order valence-corrected chi connectivity index (χ1v) is 6.04. The van der Waals surface area contributed by atoms with Crippen molar-refractivity contribution in [1.82, 2.24) is 4.57 Å². The molecule has 2 aromatic rings. The molecule has 0 saturated carbocycles. The highest BCUT2D eigenvalue weighted by Crippen LogP contribution is 2.31. The van der Waals surface area contributed by atoms with E-state index in [0.29, 0.717) is 5.69 Å². The predicted octanol–water partition coefficient (Wildman–Crippen LogP) is 3.35. The van der Waals surface area contributed by atoms with Gasteiger partial charge in [-0.2, -0.15) is 0 Å². The number of halogens is 1. The van der Waals surface area contributed by atoms with E-state index in [0.717, 1.165) is 10.8 Å². The van der Waals surface area contributed by atoms with Crippen molar-refractivity contribution in [3.8, 4) is 11.4 Å². The van der Waals surface area contributed by atoms with Crippen LogP contribution < -0.4 is 4.74 Å². The molecule has 0 aliphatic carbocycles. The zero-order chi connectivity index (χ0) is 11.5. The van der Waals surface area contributed by atoms with Crippen LogP contribution in [0.25, 0.3) is 5.69 Å². The van der Waals surface area contributed by atoms with Crippen LogP contribution >= 0.6 is 11.8 Å². The first-order chi connectivity index (χ1) is 7.77. The summed E-state index contributed by atoms with van der Waals surface area (Å²) in [4.78, 5) is 0. The molecule has 84 valence electrons. The maximum Gasteiger partial charge on any atom is 0.150 e. The Morgan fingerprint density at radius 1 is 1.25 bits per heavy atom. The number of hydrogen-bond donors (Lipinski definition) is 0. The molecule has 0 fully saturated rings. The number of ether oxygens (including phenoxy) is 1. The molecular weight excluding hydrogens is 225 g/mol. The number of rotatable bonds is 3. The topological polar surface area (TPSA) is 14.2 Å². The van der Waals surface area contributed by atoms with Crippen LogP contribution in [0.15, 0.2) is 41.6 Å². The Labute approximate surface area is 98.0 Å². The zero-order valence-electron chi connectivity index (χ0n) is 9.11. The van der Waals surface area contributed by atoms with Gasteiger partial charge in [0.1, 0.15) is 10.8 Å². The lowest BCUT2D eigenvalue weighted by Crippen LogP contribution is -1.97. The van der Waals surface area contributed by atoms with Gasteiger partial charge in [-0.3, -0.25) is 0 Å². The van der Waals surface area contributed by atoms with Crippen LogP contribution in [-0.2, 0) is 0 Å². The van der Waals surface area contributed by atoms with Crippen molar-refractivity contribution in [2.24, 2.45) is 0 Å². The fourth-order valence-corrected chi connectivity index (χ4v) is 2.30. The van der Waals surface area contributed by atoms with Crippen molar-refractivity contribution >= 4 is 11.8 Å². The number of para-hydroxylation sites is 1. The van der Waals surface area contributed by atoms with Gasteiger partial charge in [0.05, 0.1) is 12.8 Å². The summed E-state index contributed by atoms with van der Waals surface area (Å²) in [5.41, 5.74) is 0.537. The van der Waals surface area contributed by atoms with Gasteiger partial charge in [-0.1, -0.05) is 12.1 Å². The standard InChI is InChI=1S/C12H12FNOS/c1-15-11-7-8-14(12(11)16-2)10-6-4-3-5-9(10)13/h3-8H,1-2H3. The lowest BCUT2D eigenvalue weighted by Gasteiger charge is -2.09. The van der Waals surface area contributed by atoms with Crippen LogP contribution in [0.3, 0.4) is 0 Å². The third-order valence-corrected chi connectivity index (χ3v) is 3.11. The lowest BCUT2D eigenvalue weighted by molar-refractivity contribution is 0.403. The normalized spacial score (nSPS) is 10.4. The highest BCUT2D eigenvalue weighted by molar-refractivity contribution is 7.98. The molecule has 1 aromatic heterocycles. The zero-order valence-corrected chi connectivity index (χ0v) is 9.92. The second-order valence-electron chi connectivity index (χ2n) is 3.21. The van der Waals surface area contributed by atoms with Gasteiger partial charge in [-0.05, 0) is 24.5 Å². The number of thioether (sulfide) groups is 1. The molecule has 0 aliphatic rings. The molecule has 16 heavy (non-hydrogen) atoms. The molecule has 2 nitrogen and oxygen atoms in total. The summed E-state index contributed by atoms with van der Waals surface area (Å²) < 4.78 is 20.6. The summed E-state index contributed by atoms with van der Waals surface area (Å²) in [5, 5.41) is 0.896. The van der Waals surface area contributed by atoms with Crippen molar-refractivity contribution in [2.45, 2.75) is 5.03 Å². The summed E-state index contributed by atoms with van der Waals surface area (Å²) in [7, 11) is 1.61. The van der Waals surface area contributed by atoms with Gasteiger partial charge in [0.25, 0.3) is 0 Å². The van der Waals surface area contributed by atoms with Gasteiger partial charge in [-0.15, -0.1) is 11.8 Å². The summed E-state index contributed by atoms with van der Waals surface area (Å²) in [6, 6.07) is 8.52. The Morgan fingerprint density at radius 3 is 2.62 bits per heavy atom. The van der Waals surface area contributed by atoms with Gasteiger partial charge in [0.15, 0.2) is 5.75 Å². The fourth-order valence-electron chi connectivity index (χ4n) is 1.59. The monoisotopic (exact) mass is 237 g/mol. The Hall–Kier alpha value is -1.42. The largest absolute Gasteiger partial charge is 0.494 e. The SMILES string of the molecule is COc1ccn(-c2ccccc2F)c1SC. The van der Waals surface area contributed by atoms with E-state index in [4.69, 9.17) is 4.74 Å². The van der Waals surface area contributed by atoms with Gasteiger partial charge < -0.3 is 9.30 Å². The molecule has 4 heteroatoms. The quantitative estimate of drug-likeness (QED) is 0.760. The maximum absolute atomic E-state index is 13.6. The summed E-state index contributed by atoms with van der Waals surface area (Å²) in [6.45, 7) is 0. The minimum Gasteiger partial charge on any atom is -0.494 e. The van der Waals surface area contributed by atoms with E-state index in [1.54, 1.807) is 23.8 Å². The molecule has 0 aliphatic heterocycles. The molecule has 2 rings (SSSR count). The van der Waals surface area contributed by atoms with E-state index in [1.165, 1.54) is 17.8 Å². The van der Waals surface area contributed by atoms with E-state index in [9.17, 15) is 4.39 Å². The minimum atomic E-state index is -0.240. The number of hydrogen-bond acceptors (Lipinski definition) is 2. The number of benzene rings is 1. The first-order valence-electron chi connectivity index (χ1n) is 4.82. The molecule has 0 N–H and O–H groups in total. The average molecular weight is 237 g/mol. The van der Waals surface area contributed by atoms with Crippen LogP contribution in [0.2, 0.25) is 0 Å². The number of methoxy groups -OCH3 is 1. The van der Waals surface area contributed by atoms with Crippen LogP contribution in [0.1, 0.15) is 0 Å². The second kappa shape index (κ2) is 4.61. The molecule has 1 aromatic carbocycles. The van der Waals surface area contributed by atoms with Crippen molar-refractivity contribution < 1.29 is 9.13 Å². The number of aromatic nitrogens is 1. The van der Waals surface area contributed by atoms with Crippen LogP contribution in [0.5, 0.6) is 5.75 Å². The Balaban J connectivity index is 2.56. The molecule has 0 spiro atoms. The molecule has 0 atom stereocenters. The molecule has 0 bridgehead atoms. The molecule has 0 unspecified atom stereocenters. The smallest absolute Gasteiger partial charge is 0.150 e. The number of nitrogens with zero attached hydrogens (tertiary/aromatic N) is 1. The van der Waals surface area contributed by atoms with Crippen LogP contribution in [0.4, 0.5) is 4.39 Å². The Bertz CT molecular complexity index is 496. The van der Waals surface area contributed by atoms with Crippen molar-refractivity contribution in [2.75, 3.05) is 13.4 Å². The highest BCUT2D eigenvalue weighted by Gasteiger charge is 2.12. The summed E-state index contributed by atoms with van der Waals surface area (Å²) in [5.74, 6) is 0.520. The third kappa shape index (κ3) is 1.80. The lowest BCUT2D eigenvalue weighted by atomic mass is 10.3. The fraction of sp³-hybridized carbons (Fsp3) is 0.167. The summed E-state index contributed by atoms with van der Waals surface area (Å²) in [6.07, 6.45) is 3.75. The minimum absolute atomic E-state index is 0.240. The third-order valence-electron chi connectivity index (χ3n) is 2.33. The molecule has 0 saturated heterocycles. The van der Waals surface area contributed by atoms with Gasteiger partial charge in [0.2, 0.25) is 0 Å². The van der Waals surface area contributed by atoms with E-state index in [1.807, 2.05) is 24.6 Å². The van der Waals surface area contributed by atoms with E-state index >= 15 is 0 Å². The summed E-state index contributed by atoms with van der Waals surface area (Å²) >= 11 is 1.53. The van der Waals surface area contributed by atoms with Gasteiger partial charge in [0, 0.05) is 6.20 Å².